The highest BCUT2D eigenvalue weighted by Gasteiger charge is 2.24. The molecular formula is C28H29N5O2S. The van der Waals surface area contributed by atoms with Crippen LogP contribution in [-0.4, -0.2) is 33.4 Å². The second kappa shape index (κ2) is 11.3. The lowest BCUT2D eigenvalue weighted by molar-refractivity contribution is -0.118. The summed E-state index contributed by atoms with van der Waals surface area (Å²) in [7, 11) is 0. The summed E-state index contributed by atoms with van der Waals surface area (Å²) in [5.41, 5.74) is 1.56. The van der Waals surface area contributed by atoms with Gasteiger partial charge in [-0.05, 0) is 61.9 Å². The van der Waals surface area contributed by atoms with E-state index >= 15 is 0 Å². The van der Waals surface area contributed by atoms with Crippen molar-refractivity contribution in [2.24, 2.45) is 0 Å². The number of aromatic nitrogens is 2. The van der Waals surface area contributed by atoms with Crippen molar-refractivity contribution in [3.63, 3.8) is 0 Å². The van der Waals surface area contributed by atoms with Crippen LogP contribution < -0.4 is 15.4 Å². The topological polar surface area (TPSA) is 96.0 Å². The van der Waals surface area contributed by atoms with E-state index in [0.29, 0.717) is 12.1 Å². The molecule has 0 unspecified atom stereocenters. The molecule has 0 fully saturated rings. The molecule has 8 heteroatoms. The smallest absolute Gasteiger partial charge is 0.289 e. The van der Waals surface area contributed by atoms with E-state index in [2.05, 4.69) is 52.2 Å². The van der Waals surface area contributed by atoms with E-state index in [-0.39, 0.29) is 17.3 Å². The quantitative estimate of drug-likeness (QED) is 0.295. The maximum Gasteiger partial charge on any atom is 0.289 e. The summed E-state index contributed by atoms with van der Waals surface area (Å²) in [6.07, 6.45) is 3.31. The molecule has 4 aromatic rings. The molecule has 2 amide bonds. The number of nitrogens with one attached hydrogen (secondary N) is 3. The van der Waals surface area contributed by atoms with E-state index in [0.717, 1.165) is 21.2 Å². The molecule has 36 heavy (non-hydrogen) atoms. The summed E-state index contributed by atoms with van der Waals surface area (Å²) in [5, 5.41) is 7.79. The van der Waals surface area contributed by atoms with Crippen LogP contribution in [0.1, 0.15) is 37.0 Å². The second-order valence-electron chi connectivity index (χ2n) is 9.39. The molecule has 0 spiro atoms. The van der Waals surface area contributed by atoms with Crippen molar-refractivity contribution in [2.75, 3.05) is 5.32 Å². The molecule has 3 aromatic carbocycles. The predicted octanol–water partition coefficient (Wildman–Crippen LogP) is 5.00. The average molecular weight is 500 g/mol. The largest absolute Gasteiger partial charge is 0.337 e. The summed E-state index contributed by atoms with van der Waals surface area (Å²) in [4.78, 5) is 35.3. The minimum Gasteiger partial charge on any atom is -0.337 e. The third kappa shape index (κ3) is 6.68. The van der Waals surface area contributed by atoms with Crippen LogP contribution in [0.25, 0.3) is 10.8 Å². The van der Waals surface area contributed by atoms with E-state index in [4.69, 9.17) is 0 Å². The maximum atomic E-state index is 13.5. The number of carbonyl (C=O) groups excluding carboxylic acids is 2. The van der Waals surface area contributed by atoms with Gasteiger partial charge in [-0.15, -0.1) is 0 Å². The van der Waals surface area contributed by atoms with Gasteiger partial charge in [0, 0.05) is 40.3 Å². The Balaban J connectivity index is 1.59. The van der Waals surface area contributed by atoms with Crippen molar-refractivity contribution in [1.82, 2.24) is 20.0 Å². The summed E-state index contributed by atoms with van der Waals surface area (Å²) < 4.78 is 3.44. The first kappa shape index (κ1) is 25.3. The van der Waals surface area contributed by atoms with Crippen LogP contribution in [0.2, 0.25) is 0 Å². The van der Waals surface area contributed by atoms with E-state index in [1.54, 1.807) is 18.0 Å². The number of amides is 2. The fourth-order valence-corrected chi connectivity index (χ4v) is 4.46. The standard InChI is InChI=1S/C28H29N5O2S/c1-28(2,3)33-36-24-15-8-12-20-21(24)13-7-14-22(20)31-26(34)23(18-19-10-5-4-6-11-19)32-27(35)25-29-16-9-17-30-25/h4-17,23,33H,18H2,1-3H3,(H,31,34)(H,32,35)/t23-/m0/s1. The Hall–Kier alpha value is -3.75. The molecular weight excluding hydrogens is 470 g/mol. The van der Waals surface area contributed by atoms with Crippen LogP contribution in [0.4, 0.5) is 5.69 Å². The minimum atomic E-state index is -0.820. The molecule has 0 saturated heterocycles. The molecule has 0 aliphatic heterocycles. The Labute approximate surface area is 215 Å². The lowest BCUT2D eigenvalue weighted by Crippen LogP contribution is -2.45. The van der Waals surface area contributed by atoms with Crippen molar-refractivity contribution >= 4 is 40.2 Å². The van der Waals surface area contributed by atoms with Crippen molar-refractivity contribution < 1.29 is 9.59 Å². The van der Waals surface area contributed by atoms with Crippen LogP contribution >= 0.6 is 11.9 Å². The van der Waals surface area contributed by atoms with Gasteiger partial charge in [0.15, 0.2) is 0 Å². The number of hydrogen-bond donors (Lipinski definition) is 3. The fraction of sp³-hybridized carbons (Fsp3) is 0.214. The number of rotatable bonds is 8. The molecule has 1 atom stereocenters. The van der Waals surface area contributed by atoms with E-state index in [9.17, 15) is 9.59 Å². The first-order valence-electron chi connectivity index (χ1n) is 11.7. The molecule has 0 saturated carbocycles. The van der Waals surface area contributed by atoms with Crippen molar-refractivity contribution in [1.29, 1.82) is 0 Å². The maximum absolute atomic E-state index is 13.5. The van der Waals surface area contributed by atoms with E-state index in [1.807, 2.05) is 60.7 Å². The first-order valence-corrected chi connectivity index (χ1v) is 12.5. The van der Waals surface area contributed by atoms with Crippen LogP contribution in [0.3, 0.4) is 0 Å². The number of benzene rings is 3. The second-order valence-corrected chi connectivity index (χ2v) is 10.2. The zero-order valence-corrected chi connectivity index (χ0v) is 21.3. The summed E-state index contributed by atoms with van der Waals surface area (Å²) in [5.74, 6) is -0.806. The molecule has 0 aliphatic rings. The molecule has 184 valence electrons. The van der Waals surface area contributed by atoms with Crippen LogP contribution in [0.5, 0.6) is 0 Å². The summed E-state index contributed by atoms with van der Waals surface area (Å²) >= 11 is 1.56. The molecule has 0 bridgehead atoms. The SMILES string of the molecule is CC(C)(C)NSc1cccc2c(NC(=O)[C@H](Cc3ccccc3)NC(=O)c3ncccn3)cccc12. The predicted molar refractivity (Wildman–Crippen MR) is 145 cm³/mol. The third-order valence-corrected chi connectivity index (χ3v) is 6.57. The Morgan fingerprint density at radius 1 is 0.861 bits per heavy atom. The first-order chi connectivity index (χ1) is 17.3. The van der Waals surface area contributed by atoms with Crippen molar-refractivity contribution in [3.8, 4) is 0 Å². The van der Waals surface area contributed by atoms with Gasteiger partial charge < -0.3 is 10.6 Å². The number of anilines is 1. The molecule has 0 radical (unpaired) electrons. The highest BCUT2D eigenvalue weighted by atomic mass is 32.2. The summed E-state index contributed by atoms with van der Waals surface area (Å²) in [6.45, 7) is 6.33. The minimum absolute atomic E-state index is 0.0153. The average Bonchev–Trinajstić information content (AvgIpc) is 2.88. The zero-order chi connectivity index (χ0) is 25.5. The lowest BCUT2D eigenvalue weighted by Gasteiger charge is -2.21. The molecule has 3 N–H and O–H groups in total. The normalized spacial score (nSPS) is 12.2. The Bertz CT molecular complexity index is 1340. The summed E-state index contributed by atoms with van der Waals surface area (Å²) in [6, 6.07) is 22.2. The van der Waals surface area contributed by atoms with E-state index in [1.165, 1.54) is 12.4 Å². The van der Waals surface area contributed by atoms with Gasteiger partial charge in [-0.3, -0.25) is 14.3 Å². The molecule has 7 nitrogen and oxygen atoms in total. The Kier molecular flexibility index (Phi) is 7.97. The van der Waals surface area contributed by atoms with Gasteiger partial charge in [0.2, 0.25) is 11.7 Å². The van der Waals surface area contributed by atoms with Gasteiger partial charge in [0.05, 0.1) is 0 Å². The van der Waals surface area contributed by atoms with Gasteiger partial charge in [0.25, 0.3) is 5.91 Å². The highest BCUT2D eigenvalue weighted by molar-refractivity contribution is 7.97. The number of fused-ring (bicyclic) bond motifs is 1. The Morgan fingerprint density at radius 2 is 1.56 bits per heavy atom. The third-order valence-electron chi connectivity index (χ3n) is 5.28. The van der Waals surface area contributed by atoms with Gasteiger partial charge >= 0.3 is 0 Å². The lowest BCUT2D eigenvalue weighted by atomic mass is 10.0. The highest BCUT2D eigenvalue weighted by Crippen LogP contribution is 2.32. The zero-order valence-electron chi connectivity index (χ0n) is 20.5. The number of hydrogen-bond acceptors (Lipinski definition) is 6. The number of nitrogens with zero attached hydrogens (tertiary/aromatic N) is 2. The van der Waals surface area contributed by atoms with Crippen molar-refractivity contribution in [2.45, 2.75) is 43.7 Å². The van der Waals surface area contributed by atoms with Gasteiger partial charge in [-0.1, -0.05) is 54.6 Å². The Morgan fingerprint density at radius 3 is 2.28 bits per heavy atom. The molecule has 4 rings (SSSR count). The van der Waals surface area contributed by atoms with Crippen LogP contribution in [0, 0.1) is 0 Å². The number of carbonyl (C=O) groups is 2. The van der Waals surface area contributed by atoms with E-state index < -0.39 is 11.9 Å². The molecule has 1 heterocycles. The molecule has 0 aliphatic carbocycles. The van der Waals surface area contributed by atoms with Crippen LogP contribution in [-0.2, 0) is 11.2 Å². The van der Waals surface area contributed by atoms with Crippen LogP contribution in [0.15, 0.2) is 90.1 Å². The monoisotopic (exact) mass is 499 g/mol. The van der Waals surface area contributed by atoms with Gasteiger partial charge in [0.1, 0.15) is 6.04 Å². The fourth-order valence-electron chi connectivity index (χ4n) is 3.61. The van der Waals surface area contributed by atoms with Gasteiger partial charge in [-0.2, -0.15) is 0 Å². The molecule has 1 aromatic heterocycles. The van der Waals surface area contributed by atoms with Crippen molar-refractivity contribution in [3.05, 3.63) is 96.6 Å². The van der Waals surface area contributed by atoms with Gasteiger partial charge in [-0.25, -0.2) is 9.97 Å².